The Balaban J connectivity index is 1.86. The average molecular weight is 460 g/mol. The van der Waals surface area contributed by atoms with Crippen LogP contribution in [0.1, 0.15) is 64.8 Å². The van der Waals surface area contributed by atoms with Gasteiger partial charge in [-0.1, -0.05) is 31.4 Å². The smallest absolute Gasteiger partial charge is 0.270 e. The van der Waals surface area contributed by atoms with Gasteiger partial charge in [0.2, 0.25) is 5.91 Å². The van der Waals surface area contributed by atoms with Crippen molar-refractivity contribution in [1.82, 2.24) is 14.6 Å². The van der Waals surface area contributed by atoms with E-state index in [1.54, 1.807) is 26.2 Å². The summed E-state index contributed by atoms with van der Waals surface area (Å²) in [6.45, 7) is 1.86. The summed E-state index contributed by atoms with van der Waals surface area (Å²) in [4.78, 5) is 39.5. The van der Waals surface area contributed by atoms with Crippen LogP contribution in [-0.4, -0.2) is 46.2 Å². The predicted octanol–water partition coefficient (Wildman–Crippen LogP) is 2.31. The second kappa shape index (κ2) is 10.4. The van der Waals surface area contributed by atoms with Crippen LogP contribution in [0.2, 0.25) is 0 Å². The number of benzene rings is 1. The maximum atomic E-state index is 13.4. The van der Waals surface area contributed by atoms with Crippen molar-refractivity contribution in [2.75, 3.05) is 12.8 Å². The third-order valence-corrected chi connectivity index (χ3v) is 6.58. The first-order valence-electron chi connectivity index (χ1n) is 10.6. The summed E-state index contributed by atoms with van der Waals surface area (Å²) in [7, 11) is 1.57. The van der Waals surface area contributed by atoms with E-state index in [2.05, 4.69) is 9.69 Å². The van der Waals surface area contributed by atoms with Gasteiger partial charge in [-0.2, -0.15) is 4.37 Å². The predicted molar refractivity (Wildman–Crippen MR) is 122 cm³/mol. The van der Waals surface area contributed by atoms with Crippen LogP contribution in [-0.2, 0) is 11.3 Å². The Morgan fingerprint density at radius 2 is 1.88 bits per heavy atom. The molecule has 1 saturated carbocycles. The molecular weight excluding hydrogens is 430 g/mol. The zero-order valence-corrected chi connectivity index (χ0v) is 19.1. The van der Waals surface area contributed by atoms with Gasteiger partial charge in [0.05, 0.1) is 12.8 Å². The molecule has 32 heavy (non-hydrogen) atoms. The molecule has 172 valence electrons. The van der Waals surface area contributed by atoms with E-state index in [0.717, 1.165) is 42.8 Å². The number of carbonyl (C=O) groups excluding carboxylic acids is 3. The number of nitrogens with one attached hydrogen (secondary N) is 1. The quantitative estimate of drug-likeness (QED) is 0.553. The summed E-state index contributed by atoms with van der Waals surface area (Å²) in [5, 5.41) is 3.08. The molecule has 1 aliphatic carbocycles. The molecule has 1 fully saturated rings. The number of aromatic nitrogens is 1. The molecule has 3 rings (SSSR count). The molecule has 0 aliphatic heterocycles. The molecule has 0 unspecified atom stereocenters. The third-order valence-electron chi connectivity index (χ3n) is 5.73. The van der Waals surface area contributed by atoms with Crippen molar-refractivity contribution in [3.63, 3.8) is 0 Å². The molecule has 5 N–H and O–H groups in total. The van der Waals surface area contributed by atoms with Gasteiger partial charge >= 0.3 is 0 Å². The second-order valence-corrected chi connectivity index (χ2v) is 8.71. The number of hydrogen-bond acceptors (Lipinski definition) is 7. The maximum Gasteiger partial charge on any atom is 0.270 e. The maximum absolute atomic E-state index is 13.4. The number of primary amides is 1. The number of hydrogen-bond donors (Lipinski definition) is 3. The molecule has 10 heteroatoms. The zero-order chi connectivity index (χ0) is 23.3. The Labute approximate surface area is 191 Å². The van der Waals surface area contributed by atoms with Crippen molar-refractivity contribution in [2.45, 2.75) is 57.7 Å². The van der Waals surface area contributed by atoms with E-state index in [4.69, 9.17) is 16.2 Å². The van der Waals surface area contributed by atoms with Crippen molar-refractivity contribution in [1.29, 1.82) is 0 Å². The molecule has 3 amide bonds. The summed E-state index contributed by atoms with van der Waals surface area (Å²) in [5.74, 6) is -0.818. The summed E-state index contributed by atoms with van der Waals surface area (Å²) in [5.41, 5.74) is 11.9. The molecule has 0 bridgehead atoms. The molecule has 0 radical (unpaired) electrons. The van der Waals surface area contributed by atoms with Gasteiger partial charge in [-0.25, -0.2) is 0 Å². The Kier molecular flexibility index (Phi) is 7.68. The van der Waals surface area contributed by atoms with Gasteiger partial charge in [-0.05, 0) is 49.0 Å². The van der Waals surface area contributed by atoms with Gasteiger partial charge in [0.25, 0.3) is 11.8 Å². The topological polar surface area (TPSA) is 141 Å². The van der Waals surface area contributed by atoms with E-state index >= 15 is 0 Å². The first-order valence-corrected chi connectivity index (χ1v) is 11.4. The number of carbonyl (C=O) groups is 3. The van der Waals surface area contributed by atoms with Crippen molar-refractivity contribution < 1.29 is 19.1 Å². The first kappa shape index (κ1) is 23.5. The number of amides is 3. The molecule has 2 aromatic rings. The molecule has 1 heterocycles. The average Bonchev–Trinajstić information content (AvgIpc) is 3.19. The number of nitrogens with zero attached hydrogens (tertiary/aromatic N) is 2. The van der Waals surface area contributed by atoms with Gasteiger partial charge in [-0.15, -0.1) is 0 Å². The summed E-state index contributed by atoms with van der Waals surface area (Å²) >= 11 is 0.804. The van der Waals surface area contributed by atoms with Gasteiger partial charge < -0.3 is 26.4 Å². The summed E-state index contributed by atoms with van der Waals surface area (Å²) in [6, 6.07) is 6.59. The lowest BCUT2D eigenvalue weighted by molar-refractivity contribution is -0.126. The SMILES string of the molecule is COc1ccc(CN(C(=O)c2snc(C(N)=O)c2N)[C@H](C)C(=O)NC2CCCCC2)cc1. The zero-order valence-electron chi connectivity index (χ0n) is 18.3. The van der Waals surface area contributed by atoms with Crippen molar-refractivity contribution in [2.24, 2.45) is 5.73 Å². The monoisotopic (exact) mass is 459 g/mol. The van der Waals surface area contributed by atoms with E-state index in [9.17, 15) is 14.4 Å². The lowest BCUT2D eigenvalue weighted by atomic mass is 9.95. The van der Waals surface area contributed by atoms with Crippen LogP contribution in [0.3, 0.4) is 0 Å². The van der Waals surface area contributed by atoms with Crippen LogP contribution in [0.5, 0.6) is 5.75 Å². The van der Waals surface area contributed by atoms with Gasteiger partial charge in [-0.3, -0.25) is 14.4 Å². The standard InChI is InChI=1S/C22H29N5O4S/c1-13(21(29)25-15-6-4-3-5-7-15)27(12-14-8-10-16(31-2)11-9-14)22(30)19-17(23)18(20(24)28)26-32-19/h8-11,13,15H,3-7,12,23H2,1-2H3,(H2,24,28)(H,25,29)/t13-/m1/s1. The molecule has 0 spiro atoms. The van der Waals surface area contributed by atoms with Crippen LogP contribution in [0.15, 0.2) is 24.3 Å². The van der Waals surface area contributed by atoms with Crippen molar-refractivity contribution >= 4 is 34.9 Å². The van der Waals surface area contributed by atoms with Crippen LogP contribution in [0, 0.1) is 0 Å². The van der Waals surface area contributed by atoms with Crippen molar-refractivity contribution in [3.8, 4) is 5.75 Å². The fourth-order valence-corrected chi connectivity index (χ4v) is 4.54. The number of methoxy groups -OCH3 is 1. The lowest BCUT2D eigenvalue weighted by Crippen LogP contribution is -2.50. The largest absolute Gasteiger partial charge is 0.497 e. The van der Waals surface area contributed by atoms with Crippen LogP contribution >= 0.6 is 11.5 Å². The highest BCUT2D eigenvalue weighted by atomic mass is 32.1. The Hall–Kier alpha value is -3.14. The molecule has 1 aromatic heterocycles. The number of ether oxygens (including phenoxy) is 1. The van der Waals surface area contributed by atoms with Gasteiger partial charge in [0, 0.05) is 12.6 Å². The first-order chi connectivity index (χ1) is 15.3. The Bertz CT molecular complexity index is 969. The van der Waals surface area contributed by atoms with Crippen molar-refractivity contribution in [3.05, 3.63) is 40.4 Å². The molecule has 1 aromatic carbocycles. The number of nitrogens with two attached hydrogens (primary N) is 2. The van der Waals surface area contributed by atoms with Gasteiger partial charge in [0.1, 0.15) is 16.7 Å². The van der Waals surface area contributed by atoms with Crippen LogP contribution in [0.25, 0.3) is 0 Å². The Morgan fingerprint density at radius 1 is 1.22 bits per heavy atom. The highest BCUT2D eigenvalue weighted by Gasteiger charge is 2.32. The van der Waals surface area contributed by atoms with E-state index in [1.165, 1.54) is 11.3 Å². The molecule has 0 saturated heterocycles. The minimum atomic E-state index is -0.803. The molecular formula is C22H29N5O4S. The summed E-state index contributed by atoms with van der Waals surface area (Å²) in [6.07, 6.45) is 5.22. The third kappa shape index (κ3) is 5.37. The fraction of sp³-hybridized carbons (Fsp3) is 0.455. The Morgan fingerprint density at radius 3 is 2.44 bits per heavy atom. The highest BCUT2D eigenvalue weighted by Crippen LogP contribution is 2.26. The normalized spacial score (nSPS) is 15.1. The van der Waals surface area contributed by atoms with E-state index < -0.39 is 17.9 Å². The van der Waals surface area contributed by atoms with Crippen LogP contribution < -0.4 is 21.5 Å². The summed E-state index contributed by atoms with van der Waals surface area (Å²) < 4.78 is 9.11. The number of nitrogen functional groups attached to an aromatic ring is 1. The highest BCUT2D eigenvalue weighted by molar-refractivity contribution is 7.09. The fourth-order valence-electron chi connectivity index (χ4n) is 3.78. The van der Waals surface area contributed by atoms with Gasteiger partial charge in [0.15, 0.2) is 5.69 Å². The number of rotatable bonds is 8. The minimum Gasteiger partial charge on any atom is -0.497 e. The molecule has 1 atom stereocenters. The minimum absolute atomic E-state index is 0.0629. The second-order valence-electron chi connectivity index (χ2n) is 7.94. The molecule has 9 nitrogen and oxygen atoms in total. The van der Waals surface area contributed by atoms with E-state index in [0.29, 0.717) is 5.75 Å². The molecule has 1 aliphatic rings. The van der Waals surface area contributed by atoms with E-state index in [-0.39, 0.29) is 34.8 Å². The van der Waals surface area contributed by atoms with Crippen LogP contribution in [0.4, 0.5) is 5.69 Å². The number of anilines is 1. The van der Waals surface area contributed by atoms with E-state index in [1.807, 2.05) is 12.1 Å². The lowest BCUT2D eigenvalue weighted by Gasteiger charge is -2.31.